The van der Waals surface area contributed by atoms with Crippen molar-refractivity contribution in [3.05, 3.63) is 48.3 Å². The zero-order valence-corrected chi connectivity index (χ0v) is 11.9. The summed E-state index contributed by atoms with van der Waals surface area (Å²) >= 11 is 0. The van der Waals surface area contributed by atoms with Crippen LogP contribution in [0.15, 0.2) is 42.7 Å². The summed E-state index contributed by atoms with van der Waals surface area (Å²) in [7, 11) is 0. The second-order valence-corrected chi connectivity index (χ2v) is 5.89. The lowest BCUT2D eigenvalue weighted by molar-refractivity contribution is 0.454. The Balaban J connectivity index is 1.61. The summed E-state index contributed by atoms with van der Waals surface area (Å²) in [4.78, 5) is 0. The lowest BCUT2D eigenvalue weighted by Gasteiger charge is -2.13. The molecule has 0 spiro atoms. The smallest absolute Gasteiger partial charge is 0.0645 e. The minimum atomic E-state index is 0.119. The van der Waals surface area contributed by atoms with Gasteiger partial charge in [-0.15, -0.1) is 0 Å². The number of nitrogens with two attached hydrogens (primary N) is 1. The van der Waals surface area contributed by atoms with Crippen LogP contribution in [0.3, 0.4) is 0 Å². The number of hydrogen-bond donors (Lipinski definition) is 1. The molecule has 106 valence electrons. The fourth-order valence-electron chi connectivity index (χ4n) is 3.13. The minimum absolute atomic E-state index is 0.119. The van der Waals surface area contributed by atoms with E-state index in [-0.39, 0.29) is 6.04 Å². The molecule has 0 aliphatic heterocycles. The Labute approximate surface area is 120 Å². The number of benzene rings is 1. The highest BCUT2D eigenvalue weighted by Crippen LogP contribution is 2.30. The molecule has 3 heteroatoms. The molecule has 2 N–H and O–H groups in total. The summed E-state index contributed by atoms with van der Waals surface area (Å²) in [5.74, 6) is 0.908. The molecule has 0 radical (unpaired) electrons. The zero-order valence-electron chi connectivity index (χ0n) is 11.9. The van der Waals surface area contributed by atoms with Crippen molar-refractivity contribution in [1.82, 2.24) is 9.78 Å². The van der Waals surface area contributed by atoms with Crippen LogP contribution < -0.4 is 5.73 Å². The Morgan fingerprint density at radius 1 is 1.20 bits per heavy atom. The van der Waals surface area contributed by atoms with Crippen molar-refractivity contribution < 1.29 is 0 Å². The Morgan fingerprint density at radius 3 is 2.70 bits per heavy atom. The van der Waals surface area contributed by atoms with Crippen LogP contribution in [-0.4, -0.2) is 9.78 Å². The van der Waals surface area contributed by atoms with E-state index in [1.54, 1.807) is 0 Å². The molecule has 1 saturated carbocycles. The molecule has 0 saturated heterocycles. The Kier molecular flexibility index (Phi) is 4.16. The Hall–Kier alpha value is -1.61. The highest BCUT2D eigenvalue weighted by molar-refractivity contribution is 5.31. The topological polar surface area (TPSA) is 43.8 Å². The Bertz CT molecular complexity index is 526. The number of aromatic nitrogens is 2. The standard InChI is InChI=1S/C17H23N3/c18-17(11-10-14-6-4-5-7-14)15-12-19-20(13-15)16-8-2-1-3-9-16/h1-3,8-9,12-14,17H,4-7,10-11,18H2. The van der Waals surface area contributed by atoms with Crippen molar-refractivity contribution in [3.63, 3.8) is 0 Å². The number of para-hydroxylation sites is 1. The van der Waals surface area contributed by atoms with E-state index in [1.165, 1.54) is 32.1 Å². The van der Waals surface area contributed by atoms with Gasteiger partial charge in [0.05, 0.1) is 11.9 Å². The second-order valence-electron chi connectivity index (χ2n) is 5.89. The van der Waals surface area contributed by atoms with Gasteiger partial charge < -0.3 is 5.73 Å². The molecular formula is C17H23N3. The number of rotatable bonds is 5. The van der Waals surface area contributed by atoms with Crippen molar-refractivity contribution in [2.24, 2.45) is 11.7 Å². The third-order valence-corrected chi connectivity index (χ3v) is 4.41. The Morgan fingerprint density at radius 2 is 1.95 bits per heavy atom. The highest BCUT2D eigenvalue weighted by atomic mass is 15.3. The molecular weight excluding hydrogens is 246 g/mol. The van der Waals surface area contributed by atoms with Crippen molar-refractivity contribution in [2.45, 2.75) is 44.6 Å². The van der Waals surface area contributed by atoms with Gasteiger partial charge in [-0.3, -0.25) is 0 Å². The highest BCUT2D eigenvalue weighted by Gasteiger charge is 2.17. The summed E-state index contributed by atoms with van der Waals surface area (Å²) in [6.07, 6.45) is 11.9. The molecule has 2 aromatic rings. The first-order valence-corrected chi connectivity index (χ1v) is 7.68. The van der Waals surface area contributed by atoms with Gasteiger partial charge >= 0.3 is 0 Å². The van der Waals surface area contributed by atoms with Crippen molar-refractivity contribution in [3.8, 4) is 5.69 Å². The second kappa shape index (κ2) is 6.23. The van der Waals surface area contributed by atoms with Crippen molar-refractivity contribution in [2.75, 3.05) is 0 Å². The van der Waals surface area contributed by atoms with E-state index >= 15 is 0 Å². The van der Waals surface area contributed by atoms with Crippen LogP contribution in [0.1, 0.15) is 50.1 Å². The third kappa shape index (κ3) is 3.10. The maximum atomic E-state index is 6.31. The van der Waals surface area contributed by atoms with E-state index in [9.17, 15) is 0 Å². The molecule has 0 amide bonds. The molecule has 1 fully saturated rings. The first-order valence-electron chi connectivity index (χ1n) is 7.68. The van der Waals surface area contributed by atoms with Crippen LogP contribution >= 0.6 is 0 Å². The van der Waals surface area contributed by atoms with E-state index in [4.69, 9.17) is 5.73 Å². The van der Waals surface area contributed by atoms with Crippen molar-refractivity contribution in [1.29, 1.82) is 0 Å². The van der Waals surface area contributed by atoms with Gasteiger partial charge in [-0.05, 0) is 30.9 Å². The van der Waals surface area contributed by atoms with Crippen LogP contribution in [0.2, 0.25) is 0 Å². The van der Waals surface area contributed by atoms with Crippen molar-refractivity contribution >= 4 is 0 Å². The van der Waals surface area contributed by atoms with E-state index < -0.39 is 0 Å². The monoisotopic (exact) mass is 269 g/mol. The van der Waals surface area contributed by atoms with Gasteiger partial charge in [0.1, 0.15) is 0 Å². The van der Waals surface area contributed by atoms with E-state index in [2.05, 4.69) is 23.4 Å². The van der Waals surface area contributed by atoms with Gasteiger partial charge in [0, 0.05) is 17.8 Å². The minimum Gasteiger partial charge on any atom is -0.324 e. The molecule has 1 atom stereocenters. The van der Waals surface area contributed by atoms with Crippen LogP contribution in [0.25, 0.3) is 5.69 Å². The van der Waals surface area contributed by atoms with Gasteiger partial charge in [0.25, 0.3) is 0 Å². The van der Waals surface area contributed by atoms with Crippen LogP contribution in [0, 0.1) is 5.92 Å². The quantitative estimate of drug-likeness (QED) is 0.896. The molecule has 1 heterocycles. The zero-order chi connectivity index (χ0) is 13.8. The lowest BCUT2D eigenvalue weighted by atomic mass is 9.97. The maximum Gasteiger partial charge on any atom is 0.0645 e. The summed E-state index contributed by atoms with van der Waals surface area (Å²) in [5.41, 5.74) is 8.54. The van der Waals surface area contributed by atoms with Crippen LogP contribution in [0.4, 0.5) is 0 Å². The van der Waals surface area contributed by atoms with Crippen LogP contribution in [0.5, 0.6) is 0 Å². The molecule has 1 aliphatic rings. The molecule has 1 aliphatic carbocycles. The van der Waals surface area contributed by atoms with Gasteiger partial charge in [0.2, 0.25) is 0 Å². The molecule has 1 aromatic heterocycles. The molecule has 0 bridgehead atoms. The van der Waals surface area contributed by atoms with Gasteiger partial charge in [-0.25, -0.2) is 4.68 Å². The average molecular weight is 269 g/mol. The normalized spacial score (nSPS) is 17.4. The fourth-order valence-corrected chi connectivity index (χ4v) is 3.13. The molecule has 1 aromatic carbocycles. The van der Waals surface area contributed by atoms with Crippen LogP contribution in [-0.2, 0) is 0 Å². The van der Waals surface area contributed by atoms with E-state index in [1.807, 2.05) is 29.1 Å². The first-order chi connectivity index (χ1) is 9.83. The maximum absolute atomic E-state index is 6.31. The third-order valence-electron chi connectivity index (χ3n) is 4.41. The molecule has 3 nitrogen and oxygen atoms in total. The first kappa shape index (κ1) is 13.4. The number of nitrogens with zero attached hydrogens (tertiary/aromatic N) is 2. The molecule has 3 rings (SSSR count). The van der Waals surface area contributed by atoms with E-state index in [0.717, 1.165) is 23.6 Å². The van der Waals surface area contributed by atoms with E-state index in [0.29, 0.717) is 0 Å². The summed E-state index contributed by atoms with van der Waals surface area (Å²) in [6.45, 7) is 0. The lowest BCUT2D eigenvalue weighted by Crippen LogP contribution is -2.11. The average Bonchev–Trinajstić information content (AvgIpc) is 3.17. The number of hydrogen-bond acceptors (Lipinski definition) is 2. The largest absolute Gasteiger partial charge is 0.324 e. The predicted octanol–water partition coefficient (Wildman–Crippen LogP) is 3.84. The summed E-state index contributed by atoms with van der Waals surface area (Å²) in [6, 6.07) is 10.3. The summed E-state index contributed by atoms with van der Waals surface area (Å²) in [5, 5.41) is 4.42. The fraction of sp³-hybridized carbons (Fsp3) is 0.471. The van der Waals surface area contributed by atoms with Gasteiger partial charge in [-0.1, -0.05) is 43.9 Å². The predicted molar refractivity (Wildman–Crippen MR) is 81.7 cm³/mol. The van der Waals surface area contributed by atoms with Gasteiger partial charge in [-0.2, -0.15) is 5.10 Å². The molecule has 1 unspecified atom stereocenters. The van der Waals surface area contributed by atoms with Gasteiger partial charge in [0.15, 0.2) is 0 Å². The SMILES string of the molecule is NC(CCC1CCCC1)c1cnn(-c2ccccc2)c1. The molecule has 20 heavy (non-hydrogen) atoms. The summed E-state index contributed by atoms with van der Waals surface area (Å²) < 4.78 is 1.91.